The van der Waals surface area contributed by atoms with Crippen LogP contribution < -0.4 is 4.74 Å². The highest BCUT2D eigenvalue weighted by Crippen LogP contribution is 2.41. The van der Waals surface area contributed by atoms with Gasteiger partial charge in [0.05, 0.1) is 13.2 Å². The highest BCUT2D eigenvalue weighted by molar-refractivity contribution is 5.93. The maximum Gasteiger partial charge on any atom is 0.352 e. The number of aliphatic carboxylic acids is 1. The molecule has 0 aromatic heterocycles. The lowest BCUT2D eigenvalue weighted by atomic mass is 9.88. The number of aromatic hydroxyl groups is 1. The zero-order valence-corrected chi connectivity index (χ0v) is 12.9. The van der Waals surface area contributed by atoms with Gasteiger partial charge in [0.2, 0.25) is 0 Å². The monoisotopic (exact) mass is 311 g/mol. The Kier molecular flexibility index (Phi) is 3.70. The molecule has 0 aliphatic carbocycles. The highest BCUT2D eigenvalue weighted by Gasteiger charge is 2.32. The number of likely N-dealkylation sites (N-methyl/N-ethyl adjacent to an activating group) is 1. The van der Waals surface area contributed by atoms with Gasteiger partial charge in [-0.05, 0) is 35.4 Å². The van der Waals surface area contributed by atoms with Crippen molar-refractivity contribution in [2.24, 2.45) is 0 Å². The van der Waals surface area contributed by atoms with E-state index < -0.39 is 12.0 Å². The van der Waals surface area contributed by atoms with Crippen molar-refractivity contribution in [1.82, 2.24) is 4.90 Å². The topological polar surface area (TPSA) is 70.0 Å². The Morgan fingerprint density at radius 1 is 1.17 bits per heavy atom. The summed E-state index contributed by atoms with van der Waals surface area (Å²) >= 11 is 0. The summed E-state index contributed by atoms with van der Waals surface area (Å²) in [6.07, 6.45) is 1.63. The predicted molar refractivity (Wildman–Crippen MR) is 86.3 cm³/mol. The minimum atomic E-state index is -1.01. The average molecular weight is 311 g/mol. The molecule has 0 saturated heterocycles. The molecule has 0 bridgehead atoms. The van der Waals surface area contributed by atoms with Crippen LogP contribution in [0, 0.1) is 0 Å². The molecule has 1 unspecified atom stereocenters. The predicted octanol–water partition coefficient (Wildman–Crippen LogP) is 2.86. The number of carboxylic acid groups (broad SMARTS) is 1. The van der Waals surface area contributed by atoms with Crippen LogP contribution in [0.2, 0.25) is 0 Å². The summed E-state index contributed by atoms with van der Waals surface area (Å²) in [4.78, 5) is 13.2. The Labute approximate surface area is 134 Å². The number of hydrogen-bond acceptors (Lipinski definition) is 4. The molecule has 1 aliphatic rings. The van der Waals surface area contributed by atoms with Crippen LogP contribution in [0.15, 0.2) is 48.2 Å². The van der Waals surface area contributed by atoms with Crippen molar-refractivity contribution in [3.8, 4) is 11.5 Å². The number of phenols is 1. The Morgan fingerprint density at radius 2 is 1.91 bits per heavy atom. The fraction of sp³-hybridized carbons (Fsp3) is 0.167. The molecule has 2 aromatic rings. The number of methoxy groups -OCH3 is 1. The lowest BCUT2D eigenvalue weighted by Gasteiger charge is -2.35. The third-order valence-electron chi connectivity index (χ3n) is 4.10. The molecule has 2 N–H and O–H groups in total. The van der Waals surface area contributed by atoms with E-state index in [9.17, 15) is 15.0 Å². The van der Waals surface area contributed by atoms with Crippen molar-refractivity contribution in [2.75, 3.05) is 14.2 Å². The Morgan fingerprint density at radius 3 is 2.57 bits per heavy atom. The standard InChI is InChI=1S/C18H17NO4/c1-19-15(18(21)22)9-11-7-8-12(23-2)10-14(11)17(19)13-5-3-4-6-16(13)20/h3-10,17,20H,1-2H3,(H,21,22). The molecule has 0 spiro atoms. The van der Waals surface area contributed by atoms with Gasteiger partial charge in [0, 0.05) is 12.6 Å². The molecule has 0 saturated carbocycles. The van der Waals surface area contributed by atoms with E-state index in [0.717, 1.165) is 11.1 Å². The van der Waals surface area contributed by atoms with E-state index in [4.69, 9.17) is 4.74 Å². The number of rotatable bonds is 3. The van der Waals surface area contributed by atoms with Crippen LogP contribution in [0.3, 0.4) is 0 Å². The van der Waals surface area contributed by atoms with Crippen LogP contribution in [0.1, 0.15) is 22.7 Å². The Balaban J connectivity index is 2.24. The van der Waals surface area contributed by atoms with Crippen molar-refractivity contribution in [3.05, 3.63) is 64.9 Å². The third kappa shape index (κ3) is 2.50. The summed E-state index contributed by atoms with van der Waals surface area (Å²) in [7, 11) is 3.29. The van der Waals surface area contributed by atoms with Crippen LogP contribution in [-0.2, 0) is 4.79 Å². The van der Waals surface area contributed by atoms with Crippen LogP contribution in [0.4, 0.5) is 0 Å². The van der Waals surface area contributed by atoms with Gasteiger partial charge in [-0.3, -0.25) is 0 Å². The van der Waals surface area contributed by atoms with E-state index >= 15 is 0 Å². The molecule has 23 heavy (non-hydrogen) atoms. The number of nitrogens with zero attached hydrogens (tertiary/aromatic N) is 1. The van der Waals surface area contributed by atoms with Gasteiger partial charge in [-0.15, -0.1) is 0 Å². The molecule has 2 aromatic carbocycles. The Bertz CT molecular complexity index is 797. The number of hydrogen-bond donors (Lipinski definition) is 2. The van der Waals surface area contributed by atoms with Gasteiger partial charge in [0.25, 0.3) is 0 Å². The lowest BCUT2D eigenvalue weighted by molar-refractivity contribution is -0.134. The lowest BCUT2D eigenvalue weighted by Crippen LogP contribution is -2.32. The second-order valence-corrected chi connectivity index (χ2v) is 5.40. The minimum Gasteiger partial charge on any atom is -0.508 e. The molecule has 1 aliphatic heterocycles. The average Bonchev–Trinajstić information content (AvgIpc) is 2.54. The summed E-state index contributed by atoms with van der Waals surface area (Å²) in [5.41, 5.74) is 2.51. The molecule has 5 nitrogen and oxygen atoms in total. The molecule has 1 atom stereocenters. The fourth-order valence-electron chi connectivity index (χ4n) is 2.95. The number of para-hydroxylation sites is 1. The van der Waals surface area contributed by atoms with Gasteiger partial charge in [-0.25, -0.2) is 4.79 Å². The molecule has 1 heterocycles. The van der Waals surface area contributed by atoms with Gasteiger partial charge in [0.1, 0.15) is 17.2 Å². The van der Waals surface area contributed by atoms with E-state index in [2.05, 4.69) is 0 Å². The van der Waals surface area contributed by atoms with E-state index in [1.54, 1.807) is 49.4 Å². The van der Waals surface area contributed by atoms with Gasteiger partial charge in [-0.1, -0.05) is 24.3 Å². The summed E-state index contributed by atoms with van der Waals surface area (Å²) < 4.78 is 5.29. The van der Waals surface area contributed by atoms with Crippen LogP contribution in [-0.4, -0.2) is 35.2 Å². The quantitative estimate of drug-likeness (QED) is 0.912. The van der Waals surface area contributed by atoms with Crippen molar-refractivity contribution >= 4 is 12.0 Å². The van der Waals surface area contributed by atoms with E-state index in [-0.39, 0.29) is 11.4 Å². The molecule has 0 fully saturated rings. The number of carbonyl (C=O) groups is 1. The Hall–Kier alpha value is -2.95. The summed E-state index contributed by atoms with van der Waals surface area (Å²) in [5, 5.41) is 19.7. The largest absolute Gasteiger partial charge is 0.508 e. The zero-order chi connectivity index (χ0) is 16.6. The SMILES string of the molecule is COc1ccc2c(c1)C(c1ccccc1O)N(C)C(C(=O)O)=C2. The molecule has 118 valence electrons. The summed E-state index contributed by atoms with van der Waals surface area (Å²) in [6, 6.07) is 12.0. The number of phenolic OH excluding ortho intramolecular Hbond substituents is 1. The van der Waals surface area contributed by atoms with Crippen LogP contribution in [0.5, 0.6) is 11.5 Å². The van der Waals surface area contributed by atoms with Gasteiger partial charge in [-0.2, -0.15) is 0 Å². The molecular formula is C18H17NO4. The molecule has 0 amide bonds. The van der Waals surface area contributed by atoms with Crippen molar-refractivity contribution in [1.29, 1.82) is 0 Å². The number of carboxylic acids is 1. The maximum absolute atomic E-state index is 11.6. The van der Waals surface area contributed by atoms with Gasteiger partial charge >= 0.3 is 5.97 Å². The first-order valence-electron chi connectivity index (χ1n) is 7.16. The van der Waals surface area contributed by atoms with E-state index in [1.165, 1.54) is 0 Å². The highest BCUT2D eigenvalue weighted by atomic mass is 16.5. The van der Waals surface area contributed by atoms with Gasteiger partial charge in [0.15, 0.2) is 0 Å². The zero-order valence-electron chi connectivity index (χ0n) is 12.9. The normalized spacial score (nSPS) is 16.5. The first kappa shape index (κ1) is 15.0. The van der Waals surface area contributed by atoms with Crippen molar-refractivity contribution < 1.29 is 19.7 Å². The fourth-order valence-corrected chi connectivity index (χ4v) is 2.95. The summed E-state index contributed by atoms with van der Waals surface area (Å²) in [6.45, 7) is 0. The number of fused-ring (bicyclic) bond motifs is 1. The number of benzene rings is 2. The van der Waals surface area contributed by atoms with Crippen molar-refractivity contribution in [3.63, 3.8) is 0 Å². The van der Waals surface area contributed by atoms with Crippen LogP contribution in [0.25, 0.3) is 6.08 Å². The second kappa shape index (κ2) is 5.68. The van der Waals surface area contributed by atoms with Gasteiger partial charge < -0.3 is 19.8 Å². The van der Waals surface area contributed by atoms with E-state index in [1.807, 2.05) is 18.2 Å². The first-order chi connectivity index (χ1) is 11.0. The number of ether oxygens (including phenoxy) is 1. The smallest absolute Gasteiger partial charge is 0.352 e. The van der Waals surface area contributed by atoms with Crippen LogP contribution >= 0.6 is 0 Å². The molecule has 5 heteroatoms. The maximum atomic E-state index is 11.6. The van der Waals surface area contributed by atoms with E-state index in [0.29, 0.717) is 11.3 Å². The molecule has 0 radical (unpaired) electrons. The first-order valence-corrected chi connectivity index (χ1v) is 7.16. The van der Waals surface area contributed by atoms with Crippen molar-refractivity contribution in [2.45, 2.75) is 6.04 Å². The minimum absolute atomic E-state index is 0.129. The third-order valence-corrected chi connectivity index (χ3v) is 4.10. The molecular weight excluding hydrogens is 294 g/mol. The molecule has 3 rings (SSSR count). The second-order valence-electron chi connectivity index (χ2n) is 5.40. The summed E-state index contributed by atoms with van der Waals surface area (Å²) in [5.74, 6) is -0.191.